The molecule has 3 N–H and O–H groups in total. The van der Waals surface area contributed by atoms with Crippen molar-refractivity contribution >= 4 is 28.4 Å². The molecule has 10 heteroatoms. The molecule has 1 aliphatic rings. The summed E-state index contributed by atoms with van der Waals surface area (Å²) in [6.45, 7) is 0.177. The Kier molecular flexibility index (Phi) is 5.14. The Bertz CT molecular complexity index is 1290. The van der Waals surface area contributed by atoms with E-state index in [2.05, 4.69) is 10.3 Å². The molecular formula is C21H17F3N4O3. The van der Waals surface area contributed by atoms with Crippen LogP contribution in [0, 0.1) is 22.9 Å². The van der Waals surface area contributed by atoms with Crippen LogP contribution in [0.1, 0.15) is 22.3 Å². The summed E-state index contributed by atoms with van der Waals surface area (Å²) < 4.78 is 45.7. The Morgan fingerprint density at radius 1 is 1.23 bits per heavy atom. The van der Waals surface area contributed by atoms with E-state index >= 15 is 0 Å². The normalized spacial score (nSPS) is 16.0. The third-order valence-corrected chi connectivity index (χ3v) is 5.14. The van der Waals surface area contributed by atoms with Gasteiger partial charge in [-0.1, -0.05) is 6.07 Å². The van der Waals surface area contributed by atoms with Gasteiger partial charge in [-0.2, -0.15) is 0 Å². The summed E-state index contributed by atoms with van der Waals surface area (Å²) >= 11 is 0. The van der Waals surface area contributed by atoms with Crippen molar-refractivity contribution in [3.63, 3.8) is 0 Å². The number of likely N-dealkylation sites (tertiary alicyclic amines) is 1. The number of hydrogen-bond acceptors (Lipinski definition) is 5. The number of oxazole rings is 1. The number of piperidine rings is 1. The van der Waals surface area contributed by atoms with E-state index in [4.69, 9.17) is 9.83 Å². The van der Waals surface area contributed by atoms with Crippen LogP contribution in [-0.4, -0.2) is 41.6 Å². The van der Waals surface area contributed by atoms with Gasteiger partial charge in [0, 0.05) is 30.4 Å². The molecule has 0 unspecified atom stereocenters. The van der Waals surface area contributed by atoms with Gasteiger partial charge in [-0.15, -0.1) is 0 Å². The highest BCUT2D eigenvalue weighted by molar-refractivity contribution is 6.10. The topological polar surface area (TPSA) is 102 Å². The predicted molar refractivity (Wildman–Crippen MR) is 107 cm³/mol. The van der Waals surface area contributed by atoms with Crippen LogP contribution in [-0.2, 0) is 0 Å². The van der Waals surface area contributed by atoms with Crippen LogP contribution in [0.15, 0.2) is 45.1 Å². The van der Waals surface area contributed by atoms with Crippen LogP contribution >= 0.6 is 0 Å². The maximum absolute atomic E-state index is 13.7. The fourth-order valence-corrected chi connectivity index (χ4v) is 3.70. The van der Waals surface area contributed by atoms with Gasteiger partial charge in [0.2, 0.25) is 0 Å². The van der Waals surface area contributed by atoms with E-state index in [-0.39, 0.29) is 53.1 Å². The second-order valence-corrected chi connectivity index (χ2v) is 7.01. The Labute approximate surface area is 173 Å². The number of carbonyl (C=O) groups excluding carboxylic acids is 1. The molecule has 1 aliphatic heterocycles. The first-order valence-corrected chi connectivity index (χ1v) is 9.35. The zero-order chi connectivity index (χ0) is 22.3. The quantitative estimate of drug-likeness (QED) is 0.556. The van der Waals surface area contributed by atoms with Crippen molar-refractivity contribution in [2.45, 2.75) is 6.42 Å². The molecule has 160 valence electrons. The van der Waals surface area contributed by atoms with E-state index in [0.29, 0.717) is 5.57 Å². The number of nitrogens with one attached hydrogen (secondary N) is 3. The Morgan fingerprint density at radius 3 is 2.58 bits per heavy atom. The molecule has 1 aromatic heterocycles. The molecule has 1 fully saturated rings. The largest absolute Gasteiger partial charge is 0.417 e. The molecule has 0 radical (unpaired) electrons. The van der Waals surface area contributed by atoms with Gasteiger partial charge in [0.25, 0.3) is 5.91 Å². The number of amides is 1. The van der Waals surface area contributed by atoms with Crippen LogP contribution in [0.5, 0.6) is 0 Å². The molecule has 0 aliphatic carbocycles. The number of fused-ring (bicyclic) bond motifs is 1. The average Bonchev–Trinajstić information content (AvgIpc) is 3.13. The first kappa shape index (κ1) is 20.5. The number of H-pyrrole nitrogens is 1. The lowest BCUT2D eigenvalue weighted by atomic mass is 9.95. The van der Waals surface area contributed by atoms with Gasteiger partial charge in [0.1, 0.15) is 0 Å². The average molecular weight is 430 g/mol. The molecule has 1 amide bonds. The molecule has 2 aromatic carbocycles. The summed E-state index contributed by atoms with van der Waals surface area (Å²) in [5, 5.41) is 11.2. The molecule has 0 saturated carbocycles. The standard InChI is InChI=1S/C21H17F3N4O3/c1-26-18(10-7-13(22)17(24)14(23)8-10)11-5-6-28(9-15(11)25)20(29)12-3-2-4-16-19(12)27-21(30)31-16/h2-4,7-8,25-26H,5-6,9H2,1H3,(H,27,30)/b18-11-,25-15?. The van der Waals surface area contributed by atoms with E-state index in [1.54, 1.807) is 18.2 Å². The molecule has 4 rings (SSSR count). The van der Waals surface area contributed by atoms with Crippen molar-refractivity contribution in [3.05, 3.63) is 75.0 Å². The number of aromatic amines is 1. The van der Waals surface area contributed by atoms with Gasteiger partial charge in [-0.25, -0.2) is 18.0 Å². The number of nitrogens with zero attached hydrogens (tertiary/aromatic N) is 1. The van der Waals surface area contributed by atoms with E-state index in [1.165, 1.54) is 11.9 Å². The fourth-order valence-electron chi connectivity index (χ4n) is 3.70. The number of carbonyl (C=O) groups is 1. The lowest BCUT2D eigenvalue weighted by Gasteiger charge is -2.30. The van der Waals surface area contributed by atoms with E-state index in [0.717, 1.165) is 12.1 Å². The Hall–Kier alpha value is -3.82. The number of para-hydroxylation sites is 1. The molecule has 0 bridgehead atoms. The molecular weight excluding hydrogens is 413 g/mol. The highest BCUT2D eigenvalue weighted by atomic mass is 19.2. The third-order valence-electron chi connectivity index (χ3n) is 5.14. The van der Waals surface area contributed by atoms with Gasteiger partial charge in [-0.3, -0.25) is 9.78 Å². The van der Waals surface area contributed by atoms with Crippen LogP contribution < -0.4 is 11.1 Å². The second-order valence-electron chi connectivity index (χ2n) is 7.01. The van der Waals surface area contributed by atoms with E-state index < -0.39 is 29.1 Å². The highest BCUT2D eigenvalue weighted by Gasteiger charge is 2.28. The van der Waals surface area contributed by atoms with E-state index in [1.807, 2.05) is 0 Å². The minimum Gasteiger partial charge on any atom is -0.408 e. The van der Waals surface area contributed by atoms with Crippen LogP contribution in [0.2, 0.25) is 0 Å². The number of hydrogen-bond donors (Lipinski definition) is 3. The monoisotopic (exact) mass is 430 g/mol. The minimum absolute atomic E-state index is 0.0516. The third kappa shape index (κ3) is 3.60. The lowest BCUT2D eigenvalue weighted by Crippen LogP contribution is -2.41. The van der Waals surface area contributed by atoms with Crippen molar-refractivity contribution < 1.29 is 22.4 Å². The summed E-state index contributed by atoms with van der Waals surface area (Å²) in [7, 11) is 1.53. The van der Waals surface area contributed by atoms with Crippen LogP contribution in [0.3, 0.4) is 0 Å². The molecule has 31 heavy (non-hydrogen) atoms. The van der Waals surface area contributed by atoms with Gasteiger partial charge in [0.15, 0.2) is 23.0 Å². The van der Waals surface area contributed by atoms with Gasteiger partial charge in [0.05, 0.1) is 23.3 Å². The van der Waals surface area contributed by atoms with Crippen LogP contribution in [0.4, 0.5) is 13.2 Å². The molecule has 2 heterocycles. The molecule has 3 aromatic rings. The minimum atomic E-state index is -1.56. The summed E-state index contributed by atoms with van der Waals surface area (Å²) in [6.07, 6.45) is 0.235. The van der Waals surface area contributed by atoms with Crippen molar-refractivity contribution in [3.8, 4) is 0 Å². The second kappa shape index (κ2) is 7.78. The van der Waals surface area contributed by atoms with Crippen molar-refractivity contribution in [1.82, 2.24) is 15.2 Å². The van der Waals surface area contributed by atoms with E-state index in [9.17, 15) is 22.8 Å². The molecule has 0 spiro atoms. The van der Waals surface area contributed by atoms with Crippen LogP contribution in [0.25, 0.3) is 16.8 Å². The SMILES string of the molecule is CN/C(=C1/CCN(C(=O)c2cccc3oc(=O)[nH]c23)CC1=N)c1cc(F)c(F)c(F)c1. The summed E-state index contributed by atoms with van der Waals surface area (Å²) in [5.74, 6) is -5.29. The van der Waals surface area contributed by atoms with Crippen molar-refractivity contribution in [2.24, 2.45) is 0 Å². The number of halogens is 3. The van der Waals surface area contributed by atoms with Crippen molar-refractivity contribution in [2.75, 3.05) is 20.1 Å². The van der Waals surface area contributed by atoms with Gasteiger partial charge in [-0.05, 0) is 30.7 Å². The number of benzene rings is 2. The summed E-state index contributed by atoms with van der Waals surface area (Å²) in [6, 6.07) is 6.41. The smallest absolute Gasteiger partial charge is 0.408 e. The first-order chi connectivity index (χ1) is 14.8. The number of rotatable bonds is 3. The van der Waals surface area contributed by atoms with Crippen molar-refractivity contribution in [1.29, 1.82) is 5.41 Å². The molecule has 1 saturated heterocycles. The molecule has 0 atom stereocenters. The molecule has 7 nitrogen and oxygen atoms in total. The first-order valence-electron chi connectivity index (χ1n) is 9.35. The predicted octanol–water partition coefficient (Wildman–Crippen LogP) is 3.03. The summed E-state index contributed by atoms with van der Waals surface area (Å²) in [4.78, 5) is 28.4. The Balaban J connectivity index is 1.64. The lowest BCUT2D eigenvalue weighted by molar-refractivity contribution is 0.0777. The number of aromatic nitrogens is 1. The van der Waals surface area contributed by atoms with Gasteiger partial charge >= 0.3 is 5.76 Å². The summed E-state index contributed by atoms with van der Waals surface area (Å²) in [5.41, 5.74) is 1.66. The zero-order valence-electron chi connectivity index (χ0n) is 16.3. The maximum Gasteiger partial charge on any atom is 0.417 e. The zero-order valence-corrected chi connectivity index (χ0v) is 16.3. The Morgan fingerprint density at radius 2 is 1.94 bits per heavy atom. The maximum atomic E-state index is 13.7. The van der Waals surface area contributed by atoms with Gasteiger partial charge < -0.3 is 20.0 Å². The highest BCUT2D eigenvalue weighted by Crippen LogP contribution is 2.27. The fraction of sp³-hybridized carbons (Fsp3) is 0.190.